The van der Waals surface area contributed by atoms with Crippen molar-refractivity contribution in [3.05, 3.63) is 71.3 Å². The lowest BCUT2D eigenvalue weighted by molar-refractivity contribution is -0.113. The van der Waals surface area contributed by atoms with Crippen molar-refractivity contribution in [1.82, 2.24) is 14.7 Å². The molecule has 0 bridgehead atoms. The van der Waals surface area contributed by atoms with Gasteiger partial charge in [-0.3, -0.25) is 4.79 Å². The summed E-state index contributed by atoms with van der Waals surface area (Å²) in [5.41, 5.74) is 3.56. The van der Waals surface area contributed by atoms with Crippen LogP contribution in [0.2, 0.25) is 0 Å². The second kappa shape index (κ2) is 11.6. The minimum absolute atomic E-state index is 0.0956. The minimum atomic E-state index is -0.218. The maximum Gasteiger partial charge on any atom is 0.286 e. The number of amidine groups is 1. The van der Waals surface area contributed by atoms with Crippen molar-refractivity contribution < 1.29 is 14.3 Å². The van der Waals surface area contributed by atoms with Gasteiger partial charge in [-0.25, -0.2) is 4.68 Å². The van der Waals surface area contributed by atoms with Crippen LogP contribution in [0.5, 0.6) is 5.75 Å². The van der Waals surface area contributed by atoms with Crippen LogP contribution in [0.4, 0.5) is 0 Å². The van der Waals surface area contributed by atoms with E-state index >= 15 is 0 Å². The Bertz CT molecular complexity index is 1320. The number of morpholine rings is 1. The highest BCUT2D eigenvalue weighted by Gasteiger charge is 2.31. The molecule has 3 heterocycles. The standard InChI is InChI=1S/C30H34N4O3S/c1-20(2)14-15-36-26-12-10-23(11-13-26)28-24(19-34(32-28)25-8-6-5-7-9-25)16-27-29(35)31-30(38-27)33-17-21(3)37-22(4)18-33/h5-13,16,19-22H,14-15,17-18H2,1-4H3/b27-16+. The van der Waals surface area contributed by atoms with Crippen LogP contribution >= 0.6 is 11.8 Å². The van der Waals surface area contributed by atoms with Gasteiger partial charge in [0.1, 0.15) is 5.75 Å². The molecule has 5 rings (SSSR count). The van der Waals surface area contributed by atoms with Crippen molar-refractivity contribution >= 4 is 28.9 Å². The highest BCUT2D eigenvalue weighted by atomic mass is 32.2. The Balaban J connectivity index is 1.42. The number of thioether (sulfide) groups is 1. The lowest BCUT2D eigenvalue weighted by atomic mass is 10.1. The molecule has 198 valence electrons. The number of hydrogen-bond acceptors (Lipinski definition) is 6. The summed E-state index contributed by atoms with van der Waals surface area (Å²) < 4.78 is 13.6. The smallest absolute Gasteiger partial charge is 0.286 e. The fourth-order valence-corrected chi connectivity index (χ4v) is 5.48. The quantitative estimate of drug-likeness (QED) is 0.347. The number of nitrogens with zero attached hydrogens (tertiary/aromatic N) is 4. The zero-order chi connectivity index (χ0) is 26.6. The molecule has 0 N–H and O–H groups in total. The van der Waals surface area contributed by atoms with Gasteiger partial charge < -0.3 is 14.4 Å². The van der Waals surface area contributed by atoms with E-state index in [1.165, 1.54) is 11.8 Å². The van der Waals surface area contributed by atoms with Crippen LogP contribution in [-0.2, 0) is 9.53 Å². The first-order chi connectivity index (χ1) is 18.4. The van der Waals surface area contributed by atoms with Gasteiger partial charge in [-0.05, 0) is 80.4 Å². The van der Waals surface area contributed by atoms with E-state index in [4.69, 9.17) is 14.6 Å². The molecule has 7 nitrogen and oxygen atoms in total. The zero-order valence-corrected chi connectivity index (χ0v) is 23.1. The van der Waals surface area contributed by atoms with Crippen LogP contribution in [0.15, 0.2) is 70.7 Å². The summed E-state index contributed by atoms with van der Waals surface area (Å²) >= 11 is 1.42. The molecule has 0 saturated carbocycles. The molecular formula is C30H34N4O3S. The van der Waals surface area contributed by atoms with Gasteiger partial charge in [-0.15, -0.1) is 0 Å². The summed E-state index contributed by atoms with van der Waals surface area (Å²) in [6, 6.07) is 18.0. The minimum Gasteiger partial charge on any atom is -0.494 e. The number of amides is 1. The predicted octanol–water partition coefficient (Wildman–Crippen LogP) is 6.04. The summed E-state index contributed by atoms with van der Waals surface area (Å²) in [7, 11) is 0. The van der Waals surface area contributed by atoms with Crippen LogP contribution in [0.25, 0.3) is 23.0 Å². The third kappa shape index (κ3) is 6.19. The fraction of sp³-hybridized carbons (Fsp3) is 0.367. The van der Waals surface area contributed by atoms with E-state index in [0.717, 1.165) is 52.9 Å². The molecule has 1 saturated heterocycles. The van der Waals surface area contributed by atoms with Crippen molar-refractivity contribution in [3.8, 4) is 22.7 Å². The summed E-state index contributed by atoms with van der Waals surface area (Å²) in [6.45, 7) is 10.6. The van der Waals surface area contributed by atoms with Gasteiger partial charge in [0.25, 0.3) is 5.91 Å². The topological polar surface area (TPSA) is 68.9 Å². The third-order valence-electron chi connectivity index (χ3n) is 6.44. The molecule has 2 unspecified atom stereocenters. The monoisotopic (exact) mass is 530 g/mol. The Labute approximate surface area is 228 Å². The average Bonchev–Trinajstić information content (AvgIpc) is 3.48. The predicted molar refractivity (Wildman–Crippen MR) is 154 cm³/mol. The Morgan fingerprint density at radius 2 is 1.79 bits per heavy atom. The molecule has 8 heteroatoms. The molecule has 1 aromatic heterocycles. The molecule has 0 spiro atoms. The van der Waals surface area contributed by atoms with E-state index < -0.39 is 0 Å². The highest BCUT2D eigenvalue weighted by molar-refractivity contribution is 8.18. The van der Waals surface area contributed by atoms with Crippen LogP contribution < -0.4 is 4.74 Å². The Kier molecular flexibility index (Phi) is 8.00. The van der Waals surface area contributed by atoms with Crippen molar-refractivity contribution in [2.75, 3.05) is 19.7 Å². The molecule has 1 fully saturated rings. The largest absolute Gasteiger partial charge is 0.494 e. The van der Waals surface area contributed by atoms with E-state index in [2.05, 4.69) is 23.7 Å². The van der Waals surface area contributed by atoms with E-state index in [9.17, 15) is 4.79 Å². The summed E-state index contributed by atoms with van der Waals surface area (Å²) in [5.74, 6) is 1.22. The maximum atomic E-state index is 12.9. The normalized spacial score (nSPS) is 20.9. The van der Waals surface area contributed by atoms with Gasteiger partial charge in [-0.1, -0.05) is 32.0 Å². The van der Waals surface area contributed by atoms with Crippen LogP contribution in [0.3, 0.4) is 0 Å². The number of hydrogen-bond donors (Lipinski definition) is 0. The van der Waals surface area contributed by atoms with Crippen LogP contribution in [-0.4, -0.2) is 57.7 Å². The highest BCUT2D eigenvalue weighted by Crippen LogP contribution is 2.34. The summed E-state index contributed by atoms with van der Waals surface area (Å²) in [6.07, 6.45) is 5.08. The van der Waals surface area contributed by atoms with Gasteiger partial charge in [0.2, 0.25) is 0 Å². The first kappa shape index (κ1) is 26.3. The van der Waals surface area contributed by atoms with Crippen LogP contribution in [0.1, 0.15) is 39.7 Å². The molecule has 2 aliphatic rings. The number of ether oxygens (including phenoxy) is 2. The first-order valence-electron chi connectivity index (χ1n) is 13.2. The van der Waals surface area contributed by atoms with E-state index in [-0.39, 0.29) is 18.1 Å². The van der Waals surface area contributed by atoms with Gasteiger partial charge >= 0.3 is 0 Å². The number of aliphatic imine (C=N–C) groups is 1. The van der Waals surface area contributed by atoms with Crippen molar-refractivity contribution in [2.24, 2.45) is 10.9 Å². The molecule has 2 atom stereocenters. The Morgan fingerprint density at radius 3 is 2.47 bits per heavy atom. The number of carbonyl (C=O) groups excluding carboxylic acids is 1. The van der Waals surface area contributed by atoms with E-state index in [0.29, 0.717) is 17.4 Å². The van der Waals surface area contributed by atoms with Crippen molar-refractivity contribution in [1.29, 1.82) is 0 Å². The second-order valence-corrected chi connectivity index (χ2v) is 11.3. The number of benzene rings is 2. The fourth-order valence-electron chi connectivity index (χ4n) is 4.56. The Morgan fingerprint density at radius 1 is 1.08 bits per heavy atom. The van der Waals surface area contributed by atoms with E-state index in [1.807, 2.05) is 85.4 Å². The zero-order valence-electron chi connectivity index (χ0n) is 22.3. The van der Waals surface area contributed by atoms with Crippen molar-refractivity contribution in [2.45, 2.75) is 46.3 Å². The SMILES string of the molecule is CC(C)CCOc1ccc(-c2nn(-c3ccccc3)cc2/C=C2/SC(N3CC(C)OC(C)C3)=NC2=O)cc1. The summed E-state index contributed by atoms with van der Waals surface area (Å²) in [4.78, 5) is 20.1. The summed E-state index contributed by atoms with van der Waals surface area (Å²) in [5, 5.41) is 5.65. The van der Waals surface area contributed by atoms with Gasteiger partial charge in [-0.2, -0.15) is 10.1 Å². The lowest BCUT2D eigenvalue weighted by Crippen LogP contribution is -2.47. The van der Waals surface area contributed by atoms with Gasteiger partial charge in [0, 0.05) is 30.4 Å². The number of rotatable bonds is 7. The number of carbonyl (C=O) groups is 1. The molecular weight excluding hydrogens is 496 g/mol. The van der Waals surface area contributed by atoms with Gasteiger partial charge in [0.05, 0.1) is 35.1 Å². The molecule has 0 aliphatic carbocycles. The molecule has 38 heavy (non-hydrogen) atoms. The molecule has 2 aliphatic heterocycles. The van der Waals surface area contributed by atoms with Crippen LogP contribution in [0, 0.1) is 5.92 Å². The van der Waals surface area contributed by atoms with Crippen molar-refractivity contribution in [3.63, 3.8) is 0 Å². The van der Waals surface area contributed by atoms with Gasteiger partial charge in [0.15, 0.2) is 5.17 Å². The molecule has 1 amide bonds. The number of para-hydroxylation sites is 1. The average molecular weight is 531 g/mol. The van der Waals surface area contributed by atoms with E-state index in [1.54, 1.807) is 0 Å². The maximum absolute atomic E-state index is 12.9. The second-order valence-electron chi connectivity index (χ2n) is 10.2. The third-order valence-corrected chi connectivity index (χ3v) is 7.49. The molecule has 0 radical (unpaired) electrons. The Hall–Kier alpha value is -3.36. The molecule has 3 aromatic rings. The lowest BCUT2D eigenvalue weighted by Gasteiger charge is -2.35. The first-order valence-corrected chi connectivity index (χ1v) is 14.0. The number of aromatic nitrogens is 2. The molecule has 2 aromatic carbocycles.